The minimum absolute atomic E-state index is 0.347. The lowest BCUT2D eigenvalue weighted by molar-refractivity contribution is -0.137. The molecule has 3 heterocycles. The number of hydrogen-bond acceptors (Lipinski definition) is 4. The summed E-state index contributed by atoms with van der Waals surface area (Å²) in [6.07, 6.45) is 0.655. The van der Waals surface area contributed by atoms with Gasteiger partial charge in [-0.25, -0.2) is 9.97 Å². The number of benzene rings is 1. The first-order valence-corrected chi connectivity index (χ1v) is 8.50. The minimum Gasteiger partial charge on any atom is -0.365 e. The van der Waals surface area contributed by atoms with Crippen molar-refractivity contribution in [2.75, 3.05) is 11.4 Å². The first kappa shape index (κ1) is 16.8. The average Bonchev–Trinajstić information content (AvgIpc) is 2.65. The van der Waals surface area contributed by atoms with E-state index in [9.17, 15) is 13.2 Å². The van der Waals surface area contributed by atoms with Gasteiger partial charge in [0.05, 0.1) is 23.3 Å². The van der Waals surface area contributed by atoms with Crippen LogP contribution < -0.4 is 4.90 Å². The fourth-order valence-electron chi connectivity index (χ4n) is 3.31. The van der Waals surface area contributed by atoms with Crippen LogP contribution in [0.25, 0.3) is 10.9 Å². The van der Waals surface area contributed by atoms with Crippen molar-refractivity contribution in [3.63, 3.8) is 0 Å². The van der Waals surface area contributed by atoms with Crippen molar-refractivity contribution in [2.45, 2.75) is 32.5 Å². The molecule has 0 spiro atoms. The molecule has 2 aromatic heterocycles. The molecule has 1 aromatic carbocycles. The van der Waals surface area contributed by atoms with E-state index in [4.69, 9.17) is 0 Å². The van der Waals surface area contributed by atoms with Crippen LogP contribution in [0.4, 0.5) is 18.9 Å². The number of anilines is 1. The molecule has 3 aromatic rings. The second kappa shape index (κ2) is 6.23. The van der Waals surface area contributed by atoms with E-state index in [-0.39, 0.29) is 0 Å². The Morgan fingerprint density at radius 1 is 1.15 bits per heavy atom. The molecule has 7 heteroatoms. The third kappa shape index (κ3) is 2.98. The number of alkyl halides is 3. The molecule has 0 aliphatic carbocycles. The van der Waals surface area contributed by atoms with Gasteiger partial charge in [0.25, 0.3) is 0 Å². The second-order valence-corrected chi connectivity index (χ2v) is 6.34. The molecule has 1 aliphatic rings. The van der Waals surface area contributed by atoms with Crippen LogP contribution in [0, 0.1) is 0 Å². The zero-order valence-electron chi connectivity index (χ0n) is 14.2. The van der Waals surface area contributed by atoms with Crippen molar-refractivity contribution in [1.82, 2.24) is 15.0 Å². The highest BCUT2D eigenvalue weighted by Crippen LogP contribution is 2.34. The summed E-state index contributed by atoms with van der Waals surface area (Å²) in [6, 6.07) is 5.58. The fourth-order valence-corrected chi connectivity index (χ4v) is 3.31. The Balaban J connectivity index is 1.73. The molecule has 1 aliphatic heterocycles. The van der Waals surface area contributed by atoms with Gasteiger partial charge in [-0.05, 0) is 30.2 Å². The molecule has 0 radical (unpaired) electrons. The van der Waals surface area contributed by atoms with Crippen LogP contribution in [0.1, 0.15) is 29.6 Å². The number of nitrogens with zero attached hydrogens (tertiary/aromatic N) is 4. The number of aryl methyl sites for hydroxylation is 1. The average molecular weight is 358 g/mol. The summed E-state index contributed by atoms with van der Waals surface area (Å²) in [5.74, 6) is 0.806. The predicted molar refractivity (Wildman–Crippen MR) is 92.9 cm³/mol. The Morgan fingerprint density at radius 3 is 2.77 bits per heavy atom. The lowest BCUT2D eigenvalue weighted by Gasteiger charge is -2.30. The highest BCUT2D eigenvalue weighted by atomic mass is 19.4. The van der Waals surface area contributed by atoms with E-state index in [1.165, 1.54) is 6.07 Å². The van der Waals surface area contributed by atoms with Crippen molar-refractivity contribution in [3.8, 4) is 0 Å². The number of aromatic nitrogens is 3. The largest absolute Gasteiger partial charge is 0.416 e. The van der Waals surface area contributed by atoms with Crippen LogP contribution in [0.2, 0.25) is 0 Å². The Kier molecular flexibility index (Phi) is 4.01. The number of hydrogen-bond donors (Lipinski definition) is 0. The zero-order valence-corrected chi connectivity index (χ0v) is 14.2. The Hall–Kier alpha value is -2.70. The fraction of sp³-hybridized carbons (Fsp3) is 0.316. The van der Waals surface area contributed by atoms with Gasteiger partial charge in [-0.3, -0.25) is 4.98 Å². The third-order valence-electron chi connectivity index (χ3n) is 4.70. The van der Waals surface area contributed by atoms with Crippen molar-refractivity contribution < 1.29 is 13.2 Å². The van der Waals surface area contributed by atoms with Crippen LogP contribution in [0.3, 0.4) is 0 Å². The number of fused-ring (bicyclic) bond motifs is 2. The van der Waals surface area contributed by atoms with E-state index in [0.29, 0.717) is 17.4 Å². The van der Waals surface area contributed by atoms with E-state index in [1.54, 1.807) is 6.20 Å². The van der Waals surface area contributed by atoms with Gasteiger partial charge in [-0.1, -0.05) is 13.0 Å². The van der Waals surface area contributed by atoms with Gasteiger partial charge < -0.3 is 4.90 Å². The van der Waals surface area contributed by atoms with Gasteiger partial charge in [0.1, 0.15) is 5.82 Å². The van der Waals surface area contributed by atoms with E-state index in [1.807, 2.05) is 19.2 Å². The Morgan fingerprint density at radius 2 is 2.00 bits per heavy atom. The van der Waals surface area contributed by atoms with E-state index >= 15 is 0 Å². The molecule has 0 fully saturated rings. The van der Waals surface area contributed by atoms with Gasteiger partial charge in [-0.2, -0.15) is 13.2 Å². The normalized spacial score (nSPS) is 14.5. The van der Waals surface area contributed by atoms with Crippen LogP contribution in [-0.4, -0.2) is 21.5 Å². The maximum Gasteiger partial charge on any atom is 0.416 e. The molecule has 4 nitrogen and oxygen atoms in total. The summed E-state index contributed by atoms with van der Waals surface area (Å²) < 4.78 is 38.9. The number of halogens is 3. The second-order valence-electron chi connectivity index (χ2n) is 6.34. The van der Waals surface area contributed by atoms with Crippen LogP contribution in [0.15, 0.2) is 36.7 Å². The molecule has 0 unspecified atom stereocenters. The molecule has 0 saturated carbocycles. The summed E-state index contributed by atoms with van der Waals surface area (Å²) in [7, 11) is 0. The SMILES string of the molecule is CCc1ncc2c(n1)CN(c1ccnc3cc(C(F)(F)F)ccc13)CC2. The summed E-state index contributed by atoms with van der Waals surface area (Å²) in [6.45, 7) is 3.39. The highest BCUT2D eigenvalue weighted by molar-refractivity contribution is 5.92. The smallest absolute Gasteiger partial charge is 0.365 e. The first-order chi connectivity index (χ1) is 12.5. The first-order valence-electron chi connectivity index (χ1n) is 8.50. The van der Waals surface area contributed by atoms with E-state index in [2.05, 4.69) is 19.9 Å². The molecule has 26 heavy (non-hydrogen) atoms. The summed E-state index contributed by atoms with van der Waals surface area (Å²) >= 11 is 0. The molecule has 0 atom stereocenters. The zero-order chi connectivity index (χ0) is 18.3. The standard InChI is InChI=1S/C19H17F3N4/c1-2-18-24-10-12-6-8-26(11-16(12)25-18)17-5-7-23-15-9-13(19(20,21)22)3-4-14(15)17/h3-5,7,9-10H,2,6,8,11H2,1H3. The monoisotopic (exact) mass is 358 g/mol. The molecular weight excluding hydrogens is 341 g/mol. The topological polar surface area (TPSA) is 41.9 Å². The van der Waals surface area contributed by atoms with Crippen LogP contribution in [0.5, 0.6) is 0 Å². The van der Waals surface area contributed by atoms with Crippen LogP contribution in [-0.2, 0) is 25.6 Å². The summed E-state index contributed by atoms with van der Waals surface area (Å²) in [4.78, 5) is 15.2. The van der Waals surface area contributed by atoms with Crippen molar-refractivity contribution in [3.05, 3.63) is 59.3 Å². The van der Waals surface area contributed by atoms with Gasteiger partial charge in [0, 0.05) is 36.4 Å². The number of rotatable bonds is 2. The molecule has 4 rings (SSSR count). The van der Waals surface area contributed by atoms with Gasteiger partial charge >= 0.3 is 6.18 Å². The van der Waals surface area contributed by atoms with Crippen molar-refractivity contribution in [2.24, 2.45) is 0 Å². The molecule has 0 amide bonds. The van der Waals surface area contributed by atoms with Crippen LogP contribution >= 0.6 is 0 Å². The van der Waals surface area contributed by atoms with E-state index in [0.717, 1.165) is 54.3 Å². The van der Waals surface area contributed by atoms with Gasteiger partial charge in [0.15, 0.2) is 0 Å². The Bertz CT molecular complexity index is 969. The summed E-state index contributed by atoms with van der Waals surface area (Å²) in [5, 5.41) is 0.716. The Labute approximate surface area is 148 Å². The lowest BCUT2D eigenvalue weighted by Crippen LogP contribution is -2.31. The highest BCUT2D eigenvalue weighted by Gasteiger charge is 2.31. The third-order valence-corrected chi connectivity index (χ3v) is 4.70. The number of pyridine rings is 1. The molecular formula is C19H17F3N4. The molecule has 0 saturated heterocycles. The van der Waals surface area contributed by atoms with Gasteiger partial charge in [0.2, 0.25) is 0 Å². The van der Waals surface area contributed by atoms with Gasteiger partial charge in [-0.15, -0.1) is 0 Å². The van der Waals surface area contributed by atoms with E-state index < -0.39 is 11.7 Å². The molecule has 0 bridgehead atoms. The summed E-state index contributed by atoms with van der Waals surface area (Å²) in [5.41, 5.74) is 2.67. The van der Waals surface area contributed by atoms with Crippen molar-refractivity contribution in [1.29, 1.82) is 0 Å². The maximum atomic E-state index is 13.0. The maximum absolute atomic E-state index is 13.0. The minimum atomic E-state index is -4.37. The molecule has 134 valence electrons. The molecule has 0 N–H and O–H groups in total. The lowest BCUT2D eigenvalue weighted by atomic mass is 10.0. The predicted octanol–water partition coefficient (Wildman–Crippen LogP) is 4.17. The quantitative estimate of drug-likeness (QED) is 0.690. The van der Waals surface area contributed by atoms with Crippen molar-refractivity contribution >= 4 is 16.6 Å².